The van der Waals surface area contributed by atoms with Crippen molar-refractivity contribution in [3.63, 3.8) is 0 Å². The van der Waals surface area contributed by atoms with E-state index >= 15 is 0 Å². The molecule has 2 aromatic carbocycles. The summed E-state index contributed by atoms with van der Waals surface area (Å²) in [4.78, 5) is 24.1. The quantitative estimate of drug-likeness (QED) is 0.724. The van der Waals surface area contributed by atoms with Crippen LogP contribution in [-0.2, 0) is 14.8 Å². The van der Waals surface area contributed by atoms with Crippen LogP contribution in [0.2, 0.25) is 0 Å². The fourth-order valence-electron chi connectivity index (χ4n) is 3.10. The number of nitrogens with one attached hydrogen (secondary N) is 1. The molecule has 0 aromatic heterocycles. The monoisotopic (exact) mass is 418 g/mol. The number of anilines is 1. The Morgan fingerprint density at radius 1 is 0.966 bits per heavy atom. The van der Waals surface area contributed by atoms with Crippen LogP contribution in [0.15, 0.2) is 47.4 Å². The van der Waals surface area contributed by atoms with Gasteiger partial charge in [0.2, 0.25) is 10.0 Å². The van der Waals surface area contributed by atoms with Crippen LogP contribution in [-0.4, -0.2) is 51.9 Å². The largest absolute Gasteiger partial charge is 0.495 e. The molecule has 1 N–H and O–H groups in total. The van der Waals surface area contributed by atoms with Gasteiger partial charge < -0.3 is 14.8 Å². The summed E-state index contributed by atoms with van der Waals surface area (Å²) in [7, 11) is -1.07. The topological polar surface area (TPSA) is 102 Å². The average Bonchev–Trinajstić information content (AvgIpc) is 3.29. The molecule has 0 bridgehead atoms. The average molecular weight is 418 g/mol. The number of esters is 1. The summed E-state index contributed by atoms with van der Waals surface area (Å²) >= 11 is 0. The fraction of sp³-hybridized carbons (Fsp3) is 0.300. The number of carbonyl (C=O) groups is 2. The highest BCUT2D eigenvalue weighted by atomic mass is 32.2. The maximum atomic E-state index is 12.9. The Labute approximate surface area is 169 Å². The third-order valence-electron chi connectivity index (χ3n) is 4.67. The summed E-state index contributed by atoms with van der Waals surface area (Å²) in [5, 5.41) is 2.69. The number of methoxy groups -OCH3 is 2. The molecule has 8 nitrogen and oxygen atoms in total. The Balaban J connectivity index is 1.85. The van der Waals surface area contributed by atoms with Crippen LogP contribution in [0.25, 0.3) is 0 Å². The second-order valence-corrected chi connectivity index (χ2v) is 8.41. The number of carbonyl (C=O) groups excluding carboxylic acids is 2. The third kappa shape index (κ3) is 4.41. The van der Waals surface area contributed by atoms with Crippen molar-refractivity contribution >= 4 is 27.6 Å². The van der Waals surface area contributed by atoms with Crippen LogP contribution in [0.1, 0.15) is 33.6 Å². The minimum atomic E-state index is -3.75. The summed E-state index contributed by atoms with van der Waals surface area (Å²) < 4.78 is 37.1. The van der Waals surface area contributed by atoms with Crippen LogP contribution in [0.5, 0.6) is 5.75 Å². The van der Waals surface area contributed by atoms with E-state index in [9.17, 15) is 18.0 Å². The van der Waals surface area contributed by atoms with E-state index in [1.807, 2.05) is 0 Å². The smallest absolute Gasteiger partial charge is 0.337 e. The van der Waals surface area contributed by atoms with Gasteiger partial charge in [-0.1, -0.05) is 0 Å². The summed E-state index contributed by atoms with van der Waals surface area (Å²) in [6.45, 7) is 0.906. The molecule has 0 unspecified atom stereocenters. The van der Waals surface area contributed by atoms with Crippen LogP contribution in [0, 0.1) is 0 Å². The number of ether oxygens (including phenoxy) is 2. The lowest BCUT2D eigenvalue weighted by Crippen LogP contribution is -2.28. The molecular formula is C20H22N2O6S. The van der Waals surface area contributed by atoms with Gasteiger partial charge in [-0.25, -0.2) is 13.2 Å². The molecule has 1 amide bonds. The van der Waals surface area contributed by atoms with Crippen molar-refractivity contribution in [3.05, 3.63) is 53.6 Å². The van der Waals surface area contributed by atoms with Crippen molar-refractivity contribution in [2.45, 2.75) is 17.7 Å². The second kappa shape index (κ2) is 8.62. The van der Waals surface area contributed by atoms with Crippen molar-refractivity contribution in [3.8, 4) is 5.75 Å². The zero-order valence-corrected chi connectivity index (χ0v) is 17.0. The lowest BCUT2D eigenvalue weighted by atomic mass is 10.1. The molecule has 0 saturated carbocycles. The van der Waals surface area contributed by atoms with Crippen molar-refractivity contribution in [1.82, 2.24) is 4.31 Å². The predicted molar refractivity (Wildman–Crippen MR) is 107 cm³/mol. The van der Waals surface area contributed by atoms with Gasteiger partial charge in [-0.05, 0) is 55.3 Å². The first-order valence-electron chi connectivity index (χ1n) is 9.04. The molecule has 2 aromatic rings. The van der Waals surface area contributed by atoms with Crippen molar-refractivity contribution in [2.75, 3.05) is 32.6 Å². The van der Waals surface area contributed by atoms with Crippen molar-refractivity contribution in [2.24, 2.45) is 0 Å². The van der Waals surface area contributed by atoms with Gasteiger partial charge in [-0.2, -0.15) is 4.31 Å². The lowest BCUT2D eigenvalue weighted by Gasteiger charge is -2.18. The highest BCUT2D eigenvalue weighted by molar-refractivity contribution is 7.89. The van der Waals surface area contributed by atoms with Gasteiger partial charge in [0.1, 0.15) is 10.6 Å². The summed E-state index contributed by atoms with van der Waals surface area (Å²) in [5.41, 5.74) is 0.997. The molecule has 0 spiro atoms. The van der Waals surface area contributed by atoms with E-state index in [1.165, 1.54) is 48.9 Å². The van der Waals surface area contributed by atoms with Gasteiger partial charge in [0, 0.05) is 24.3 Å². The third-order valence-corrected chi connectivity index (χ3v) is 6.59. The summed E-state index contributed by atoms with van der Waals surface area (Å²) in [5.74, 6) is -0.762. The van der Waals surface area contributed by atoms with Crippen molar-refractivity contribution < 1.29 is 27.5 Å². The van der Waals surface area contributed by atoms with E-state index in [-0.39, 0.29) is 16.2 Å². The van der Waals surface area contributed by atoms with Gasteiger partial charge in [-0.3, -0.25) is 4.79 Å². The van der Waals surface area contributed by atoms with Gasteiger partial charge in [0.15, 0.2) is 0 Å². The van der Waals surface area contributed by atoms with Gasteiger partial charge in [0.05, 0.1) is 19.8 Å². The van der Waals surface area contributed by atoms with Crippen LogP contribution < -0.4 is 10.1 Å². The zero-order chi connectivity index (χ0) is 21.0. The van der Waals surface area contributed by atoms with Gasteiger partial charge in [-0.15, -0.1) is 0 Å². The minimum Gasteiger partial charge on any atom is -0.495 e. The molecule has 1 aliphatic heterocycles. The van der Waals surface area contributed by atoms with Crippen LogP contribution in [0.3, 0.4) is 0 Å². The highest BCUT2D eigenvalue weighted by Gasteiger charge is 2.30. The van der Waals surface area contributed by atoms with E-state index in [0.717, 1.165) is 12.8 Å². The predicted octanol–water partition coefficient (Wildman–Crippen LogP) is 2.52. The minimum absolute atomic E-state index is 0.0319. The zero-order valence-electron chi connectivity index (χ0n) is 16.2. The first-order chi connectivity index (χ1) is 13.9. The number of amides is 1. The van der Waals surface area contributed by atoms with Crippen molar-refractivity contribution in [1.29, 1.82) is 0 Å². The SMILES string of the molecule is COC(=O)c1ccc(NC(=O)c2ccc(OC)c(S(=O)(=O)N3CCCC3)c2)cc1. The molecule has 9 heteroatoms. The van der Waals surface area contributed by atoms with Crippen LogP contribution in [0.4, 0.5) is 5.69 Å². The standard InChI is InChI=1S/C20H22N2O6S/c1-27-17-10-7-15(13-18(17)29(25,26)22-11-3-4-12-22)19(23)21-16-8-5-14(6-9-16)20(24)28-2/h5-10,13H,3-4,11-12H2,1-2H3,(H,21,23). The van der Waals surface area contributed by atoms with E-state index in [0.29, 0.717) is 24.3 Å². The number of sulfonamides is 1. The Morgan fingerprint density at radius 3 is 2.17 bits per heavy atom. The first kappa shape index (κ1) is 20.8. The maximum Gasteiger partial charge on any atom is 0.337 e. The number of nitrogens with zero attached hydrogens (tertiary/aromatic N) is 1. The van der Waals surface area contributed by atoms with E-state index < -0.39 is 21.9 Å². The first-order valence-corrected chi connectivity index (χ1v) is 10.5. The Bertz CT molecular complexity index is 1010. The molecule has 1 saturated heterocycles. The number of hydrogen-bond acceptors (Lipinski definition) is 6. The number of hydrogen-bond donors (Lipinski definition) is 1. The normalized spacial score (nSPS) is 14.4. The molecule has 0 atom stereocenters. The molecule has 0 radical (unpaired) electrons. The second-order valence-electron chi connectivity index (χ2n) is 6.50. The summed E-state index contributed by atoms with van der Waals surface area (Å²) in [6.07, 6.45) is 1.62. The molecular weight excluding hydrogens is 396 g/mol. The summed E-state index contributed by atoms with van der Waals surface area (Å²) in [6, 6.07) is 10.5. The fourth-order valence-corrected chi connectivity index (χ4v) is 4.80. The van der Waals surface area contributed by atoms with E-state index in [1.54, 1.807) is 12.1 Å². The van der Waals surface area contributed by atoms with E-state index in [4.69, 9.17) is 4.74 Å². The Morgan fingerprint density at radius 2 is 1.59 bits per heavy atom. The van der Waals surface area contributed by atoms with E-state index in [2.05, 4.69) is 10.1 Å². The molecule has 154 valence electrons. The van der Waals surface area contributed by atoms with Gasteiger partial charge >= 0.3 is 5.97 Å². The van der Waals surface area contributed by atoms with Crippen LogP contribution >= 0.6 is 0 Å². The number of benzene rings is 2. The van der Waals surface area contributed by atoms with Gasteiger partial charge in [0.25, 0.3) is 5.91 Å². The molecule has 1 aliphatic rings. The molecule has 1 heterocycles. The molecule has 1 fully saturated rings. The molecule has 0 aliphatic carbocycles. The maximum absolute atomic E-state index is 12.9. The Hall–Kier alpha value is -2.91. The Kier molecular flexibility index (Phi) is 6.19. The molecule has 3 rings (SSSR count). The molecule has 29 heavy (non-hydrogen) atoms. The number of rotatable bonds is 6. The lowest BCUT2D eigenvalue weighted by molar-refractivity contribution is 0.0600. The highest BCUT2D eigenvalue weighted by Crippen LogP contribution is 2.30.